The summed E-state index contributed by atoms with van der Waals surface area (Å²) in [4.78, 5) is 18.5. The van der Waals surface area contributed by atoms with Crippen molar-refractivity contribution in [3.05, 3.63) is 6.20 Å². The number of carbonyl (C=O) groups excluding carboxylic acids is 1. The minimum atomic E-state index is -0.318. The number of nitrogen functional groups attached to an aromatic ring is 1. The molecule has 1 aliphatic carbocycles. The second-order valence-electron chi connectivity index (χ2n) is 8.89. The summed E-state index contributed by atoms with van der Waals surface area (Å²) < 4.78 is 4.55. The summed E-state index contributed by atoms with van der Waals surface area (Å²) in [5.74, 6) is 1.45. The van der Waals surface area contributed by atoms with Crippen LogP contribution < -0.4 is 21.7 Å². The number of piperidine rings is 1. The van der Waals surface area contributed by atoms with Crippen LogP contribution in [0.1, 0.15) is 66.2 Å². The van der Waals surface area contributed by atoms with Crippen LogP contribution in [0.2, 0.25) is 0 Å². The molecule has 1 saturated heterocycles. The van der Waals surface area contributed by atoms with E-state index in [0.29, 0.717) is 24.1 Å². The number of hydrogen-bond donors (Lipinski definition) is 4. The Labute approximate surface area is 168 Å². The normalized spacial score (nSPS) is 19.3. The number of anilines is 3. The Morgan fingerprint density at radius 1 is 1.29 bits per heavy atom. The number of nitrogens with two attached hydrogens (primary N) is 1. The van der Waals surface area contributed by atoms with Gasteiger partial charge in [0.1, 0.15) is 5.60 Å². The highest BCUT2D eigenvalue weighted by Gasteiger charge is 2.29. The summed E-state index contributed by atoms with van der Waals surface area (Å²) in [6.45, 7) is 10.3. The van der Waals surface area contributed by atoms with Crippen LogP contribution in [0.15, 0.2) is 6.20 Å². The lowest BCUT2D eigenvalue weighted by Crippen LogP contribution is -2.36. The monoisotopic (exact) mass is 392 g/mol. The largest absolute Gasteiger partial charge is 0.462 e. The summed E-state index contributed by atoms with van der Waals surface area (Å²) in [5.41, 5.74) is 6.45. The fourth-order valence-electron chi connectivity index (χ4n) is 3.42. The van der Waals surface area contributed by atoms with Crippen molar-refractivity contribution in [2.24, 2.45) is 0 Å². The van der Waals surface area contributed by atoms with E-state index in [-0.39, 0.29) is 11.1 Å². The van der Waals surface area contributed by atoms with Crippen molar-refractivity contribution < 1.29 is 9.53 Å². The van der Waals surface area contributed by atoms with Gasteiger partial charge in [-0.05, 0) is 66.5 Å². The van der Waals surface area contributed by atoms with Crippen LogP contribution in [-0.4, -0.2) is 46.7 Å². The molecule has 2 aliphatic rings. The predicted octanol–water partition coefficient (Wildman–Crippen LogP) is 2.93. The van der Waals surface area contributed by atoms with Gasteiger partial charge in [0, 0.05) is 11.6 Å². The maximum atomic E-state index is 9.60. The van der Waals surface area contributed by atoms with Crippen molar-refractivity contribution in [1.82, 2.24) is 15.3 Å². The van der Waals surface area contributed by atoms with Gasteiger partial charge >= 0.3 is 0 Å². The molecule has 2 heterocycles. The highest BCUT2D eigenvalue weighted by Crippen LogP contribution is 2.32. The fraction of sp³-hybridized carbons (Fsp3) is 0.750. The molecule has 3 rings (SSSR count). The third-order valence-electron chi connectivity index (χ3n) is 5.02. The van der Waals surface area contributed by atoms with Gasteiger partial charge in [-0.3, -0.25) is 4.79 Å². The van der Waals surface area contributed by atoms with Crippen LogP contribution in [0.3, 0.4) is 0 Å². The van der Waals surface area contributed by atoms with Crippen LogP contribution in [0.25, 0.3) is 0 Å². The van der Waals surface area contributed by atoms with E-state index in [4.69, 9.17) is 5.73 Å². The molecular weight excluding hydrogens is 356 g/mol. The van der Waals surface area contributed by atoms with Gasteiger partial charge in [0.05, 0.1) is 11.9 Å². The van der Waals surface area contributed by atoms with Gasteiger partial charge in [-0.1, -0.05) is 12.8 Å². The molecule has 28 heavy (non-hydrogen) atoms. The average Bonchev–Trinajstić information content (AvgIpc) is 3.04. The first-order chi connectivity index (χ1) is 13.2. The lowest BCUT2D eigenvalue weighted by atomic mass is 10.0. The van der Waals surface area contributed by atoms with E-state index in [2.05, 4.69) is 37.6 Å². The third-order valence-corrected chi connectivity index (χ3v) is 5.02. The summed E-state index contributed by atoms with van der Waals surface area (Å²) in [6.07, 6.45) is 8.82. The number of aromatic nitrogens is 2. The number of ether oxygens (including phenoxy) is 1. The second-order valence-corrected chi connectivity index (χ2v) is 8.89. The zero-order chi connectivity index (χ0) is 20.6. The van der Waals surface area contributed by atoms with Gasteiger partial charge < -0.3 is 26.4 Å². The molecule has 0 aromatic carbocycles. The van der Waals surface area contributed by atoms with E-state index < -0.39 is 0 Å². The predicted molar refractivity (Wildman–Crippen MR) is 113 cm³/mol. The van der Waals surface area contributed by atoms with Gasteiger partial charge in [-0.2, -0.15) is 4.98 Å². The van der Waals surface area contributed by atoms with Crippen LogP contribution >= 0.6 is 0 Å². The Kier molecular flexibility index (Phi) is 7.86. The van der Waals surface area contributed by atoms with Crippen LogP contribution in [0, 0.1) is 0 Å². The smallest absolute Gasteiger partial charge is 0.293 e. The van der Waals surface area contributed by atoms with E-state index in [0.717, 1.165) is 31.7 Å². The number of rotatable bonds is 5. The molecule has 1 aromatic rings. The SMILES string of the molecule is CC(C)(C)OC=O.CC1(Nc2ncc(N)c(NC3CCNCC3)n2)CCCC1. The van der Waals surface area contributed by atoms with Crippen molar-refractivity contribution in [2.75, 3.05) is 29.5 Å². The van der Waals surface area contributed by atoms with E-state index >= 15 is 0 Å². The molecule has 0 spiro atoms. The number of hydrogen-bond acceptors (Lipinski definition) is 8. The first-order valence-electron chi connectivity index (χ1n) is 10.2. The van der Waals surface area contributed by atoms with E-state index in [1.807, 2.05) is 20.8 Å². The molecule has 1 saturated carbocycles. The zero-order valence-electron chi connectivity index (χ0n) is 17.7. The topological polar surface area (TPSA) is 114 Å². The van der Waals surface area contributed by atoms with E-state index in [1.54, 1.807) is 6.20 Å². The molecule has 8 heteroatoms. The number of nitrogens with one attached hydrogen (secondary N) is 3. The molecule has 0 radical (unpaired) electrons. The first kappa shape index (κ1) is 22.2. The van der Waals surface area contributed by atoms with Gasteiger partial charge in [0.15, 0.2) is 5.82 Å². The molecule has 0 atom stereocenters. The van der Waals surface area contributed by atoms with Gasteiger partial charge in [0.2, 0.25) is 5.95 Å². The third kappa shape index (κ3) is 7.50. The summed E-state index contributed by atoms with van der Waals surface area (Å²) in [7, 11) is 0. The molecule has 0 bridgehead atoms. The van der Waals surface area contributed by atoms with Crippen molar-refractivity contribution >= 4 is 23.9 Å². The Bertz CT molecular complexity index is 620. The van der Waals surface area contributed by atoms with E-state index in [1.165, 1.54) is 25.7 Å². The van der Waals surface area contributed by atoms with Gasteiger partial charge in [0.25, 0.3) is 6.47 Å². The Hall–Kier alpha value is -2.09. The van der Waals surface area contributed by atoms with Crippen molar-refractivity contribution in [1.29, 1.82) is 0 Å². The minimum absolute atomic E-state index is 0.127. The molecule has 0 unspecified atom stereocenters. The molecular formula is C20H36N6O2. The molecule has 0 amide bonds. The Morgan fingerprint density at radius 3 is 2.46 bits per heavy atom. The lowest BCUT2D eigenvalue weighted by Gasteiger charge is -2.27. The molecule has 5 N–H and O–H groups in total. The summed E-state index contributed by atoms with van der Waals surface area (Å²) in [6, 6.07) is 0.443. The standard InChI is InChI=1S/C15H26N6.C5H10O2/c1-15(6-2-3-7-15)21-14-18-10-12(16)13(20-14)19-11-4-8-17-9-5-11;1-5(2,3)7-4-6/h10-11,17H,2-9,16H2,1H3,(H2,18,19,20,21);4H,1-3H3. The highest BCUT2D eigenvalue weighted by atomic mass is 16.5. The van der Waals surface area contributed by atoms with Crippen LogP contribution in [-0.2, 0) is 9.53 Å². The lowest BCUT2D eigenvalue weighted by molar-refractivity contribution is -0.138. The number of carbonyl (C=O) groups is 1. The molecule has 158 valence electrons. The highest BCUT2D eigenvalue weighted by molar-refractivity contribution is 5.62. The molecule has 2 fully saturated rings. The van der Waals surface area contributed by atoms with Crippen molar-refractivity contribution in [3.8, 4) is 0 Å². The Balaban J connectivity index is 0.000000345. The molecule has 1 aliphatic heterocycles. The second kappa shape index (κ2) is 9.91. The van der Waals surface area contributed by atoms with E-state index in [9.17, 15) is 4.79 Å². The van der Waals surface area contributed by atoms with Crippen LogP contribution in [0.4, 0.5) is 17.5 Å². The quantitative estimate of drug-likeness (QED) is 0.566. The Morgan fingerprint density at radius 2 is 1.93 bits per heavy atom. The van der Waals surface area contributed by atoms with Gasteiger partial charge in [-0.25, -0.2) is 4.98 Å². The maximum absolute atomic E-state index is 9.60. The first-order valence-corrected chi connectivity index (χ1v) is 10.2. The van der Waals surface area contributed by atoms with Gasteiger partial charge in [-0.15, -0.1) is 0 Å². The van der Waals surface area contributed by atoms with Crippen LogP contribution in [0.5, 0.6) is 0 Å². The number of nitrogens with zero attached hydrogens (tertiary/aromatic N) is 2. The molecule has 8 nitrogen and oxygen atoms in total. The van der Waals surface area contributed by atoms with Crippen molar-refractivity contribution in [3.63, 3.8) is 0 Å². The summed E-state index contributed by atoms with van der Waals surface area (Å²) in [5, 5.41) is 10.3. The maximum Gasteiger partial charge on any atom is 0.293 e. The zero-order valence-corrected chi connectivity index (χ0v) is 17.7. The average molecular weight is 393 g/mol. The molecule has 1 aromatic heterocycles. The minimum Gasteiger partial charge on any atom is -0.462 e. The van der Waals surface area contributed by atoms with Crippen molar-refractivity contribution in [2.45, 2.75) is 83.4 Å². The fourth-order valence-corrected chi connectivity index (χ4v) is 3.42. The summed E-state index contributed by atoms with van der Waals surface area (Å²) >= 11 is 0.